The Labute approximate surface area is 162 Å². The number of rotatable bonds is 4. The Hall–Kier alpha value is -3.22. The molecule has 3 aromatic rings. The van der Waals surface area contributed by atoms with Crippen LogP contribution in [0.2, 0.25) is 0 Å². The summed E-state index contributed by atoms with van der Waals surface area (Å²) in [6, 6.07) is 11.4. The molecule has 1 fully saturated rings. The molecule has 1 aromatic heterocycles. The van der Waals surface area contributed by atoms with Crippen LogP contribution in [0.5, 0.6) is 5.75 Å². The normalized spacial score (nSPS) is 14.5. The average Bonchev–Trinajstić information content (AvgIpc) is 3.07. The number of anilines is 2. The van der Waals surface area contributed by atoms with Crippen LogP contribution in [0.3, 0.4) is 0 Å². The number of hydrogen-bond donors (Lipinski definition) is 2. The van der Waals surface area contributed by atoms with E-state index >= 15 is 0 Å². The first-order valence-corrected chi connectivity index (χ1v) is 9.34. The third kappa shape index (κ3) is 3.35. The fourth-order valence-electron chi connectivity index (χ4n) is 3.65. The lowest BCUT2D eigenvalue weighted by atomic mass is 10.1. The van der Waals surface area contributed by atoms with Crippen LogP contribution >= 0.6 is 0 Å². The number of aromatic hydroxyl groups is 1. The molecule has 1 aliphatic rings. The Bertz CT molecular complexity index is 992. The van der Waals surface area contributed by atoms with Gasteiger partial charge in [-0.15, -0.1) is 0 Å². The number of carbonyl (C=O) groups excluding carboxylic acids is 1. The Kier molecular flexibility index (Phi) is 4.81. The molecule has 0 bridgehead atoms. The summed E-state index contributed by atoms with van der Waals surface area (Å²) in [4.78, 5) is 20.2. The Morgan fingerprint density at radius 1 is 1.11 bits per heavy atom. The van der Waals surface area contributed by atoms with Gasteiger partial charge in [0.1, 0.15) is 22.9 Å². The second-order valence-corrected chi connectivity index (χ2v) is 6.75. The number of H-pyrrole nitrogens is 1. The molecule has 2 aromatic carbocycles. The molecule has 0 unspecified atom stereocenters. The molecule has 0 spiro atoms. The van der Waals surface area contributed by atoms with Crippen LogP contribution in [0.25, 0.3) is 10.9 Å². The highest BCUT2D eigenvalue weighted by atomic mass is 19.1. The average molecular weight is 383 g/mol. The van der Waals surface area contributed by atoms with Crippen LogP contribution < -0.4 is 9.80 Å². The van der Waals surface area contributed by atoms with Crippen LogP contribution in [-0.4, -0.2) is 48.8 Å². The number of hydrogen-bond acceptors (Lipinski definition) is 5. The number of phenols is 1. The zero-order chi connectivity index (χ0) is 19.7. The Morgan fingerprint density at radius 3 is 2.46 bits per heavy atom. The maximum atomic E-state index is 13.2. The van der Waals surface area contributed by atoms with Gasteiger partial charge in [0.25, 0.3) is 0 Å². The van der Waals surface area contributed by atoms with Crippen molar-refractivity contribution >= 4 is 28.4 Å². The molecule has 28 heavy (non-hydrogen) atoms. The summed E-state index contributed by atoms with van der Waals surface area (Å²) in [6.07, 6.45) is 0. The van der Waals surface area contributed by atoms with Crippen molar-refractivity contribution in [2.24, 2.45) is 0 Å². The van der Waals surface area contributed by atoms with Crippen LogP contribution in [-0.2, 0) is 4.74 Å². The van der Waals surface area contributed by atoms with Crippen LogP contribution in [0.15, 0.2) is 42.5 Å². The van der Waals surface area contributed by atoms with E-state index in [9.17, 15) is 14.3 Å². The van der Waals surface area contributed by atoms with E-state index in [4.69, 9.17) is 4.74 Å². The number of benzene rings is 2. The minimum absolute atomic E-state index is 0.102. The predicted octanol–water partition coefficient (Wildman–Crippen LogP) is 3.52. The largest absolute Gasteiger partial charge is 0.508 e. The summed E-state index contributed by atoms with van der Waals surface area (Å²) < 4.78 is 18.4. The number of halogens is 1. The van der Waals surface area contributed by atoms with Gasteiger partial charge in [0.2, 0.25) is 0 Å². The highest BCUT2D eigenvalue weighted by Crippen LogP contribution is 2.33. The van der Waals surface area contributed by atoms with E-state index in [1.165, 1.54) is 12.1 Å². The first kappa shape index (κ1) is 18.2. The predicted molar refractivity (Wildman–Crippen MR) is 107 cm³/mol. The lowest BCUT2D eigenvalue weighted by Crippen LogP contribution is -2.47. The molecule has 7 heteroatoms. The molecule has 0 radical (unpaired) electrons. The zero-order valence-electron chi connectivity index (χ0n) is 15.6. The molecule has 0 saturated carbocycles. The van der Waals surface area contributed by atoms with Crippen molar-refractivity contribution in [3.63, 3.8) is 0 Å². The zero-order valence-corrected chi connectivity index (χ0v) is 15.6. The second-order valence-electron chi connectivity index (χ2n) is 6.75. The van der Waals surface area contributed by atoms with Crippen molar-refractivity contribution in [2.75, 3.05) is 42.6 Å². The van der Waals surface area contributed by atoms with Crippen LogP contribution in [0.4, 0.5) is 15.9 Å². The number of phenolic OH excluding ortho intramolecular Hbond substituents is 1. The maximum Gasteiger partial charge on any atom is 0.342 e. The molecular weight excluding hydrogens is 361 g/mol. The van der Waals surface area contributed by atoms with Gasteiger partial charge in [-0.3, -0.25) is 0 Å². The fourth-order valence-corrected chi connectivity index (χ4v) is 3.65. The van der Waals surface area contributed by atoms with Crippen molar-refractivity contribution in [3.05, 3.63) is 53.8 Å². The molecule has 1 aliphatic heterocycles. The highest BCUT2D eigenvalue weighted by molar-refractivity contribution is 6.09. The van der Waals surface area contributed by atoms with E-state index in [0.717, 1.165) is 24.3 Å². The van der Waals surface area contributed by atoms with Gasteiger partial charge in [0.05, 0.1) is 6.61 Å². The molecule has 6 nitrogen and oxygen atoms in total. The quantitative estimate of drug-likeness (QED) is 0.675. The fraction of sp³-hybridized carbons (Fsp3) is 0.286. The number of nitrogens with zero attached hydrogens (tertiary/aromatic N) is 2. The standard InChI is InChI=1S/C21H22FN3O3/c1-2-28-21(27)19-17-13-16(26)7-8-18(17)23-20(19)25-11-9-24(10-12-25)15-5-3-14(22)4-6-15/h3-8,13,23,26H,2,9-12H2,1H3. The lowest BCUT2D eigenvalue weighted by molar-refractivity contribution is 0.0529. The molecule has 2 N–H and O–H groups in total. The van der Waals surface area contributed by atoms with Gasteiger partial charge >= 0.3 is 5.97 Å². The number of piperazine rings is 1. The van der Waals surface area contributed by atoms with E-state index in [-0.39, 0.29) is 18.2 Å². The molecule has 0 atom stereocenters. The smallest absolute Gasteiger partial charge is 0.342 e. The third-order valence-corrected chi connectivity index (χ3v) is 5.03. The van der Waals surface area contributed by atoms with E-state index in [1.807, 2.05) is 0 Å². The summed E-state index contributed by atoms with van der Waals surface area (Å²) in [7, 11) is 0. The monoisotopic (exact) mass is 383 g/mol. The van der Waals surface area contributed by atoms with Gasteiger partial charge in [-0.2, -0.15) is 0 Å². The van der Waals surface area contributed by atoms with Gasteiger partial charge < -0.3 is 24.6 Å². The summed E-state index contributed by atoms with van der Waals surface area (Å²) >= 11 is 0. The molecule has 2 heterocycles. The topological polar surface area (TPSA) is 68.8 Å². The summed E-state index contributed by atoms with van der Waals surface area (Å²) in [5, 5.41) is 10.5. The summed E-state index contributed by atoms with van der Waals surface area (Å²) in [5.74, 6) is 0.153. The van der Waals surface area contributed by atoms with Crippen molar-refractivity contribution in [1.82, 2.24) is 4.98 Å². The van der Waals surface area contributed by atoms with E-state index in [2.05, 4.69) is 14.8 Å². The summed E-state index contributed by atoms with van der Waals surface area (Å²) in [5.41, 5.74) is 2.20. The first-order chi connectivity index (χ1) is 13.6. The van der Waals surface area contributed by atoms with Gasteiger partial charge in [-0.05, 0) is 49.4 Å². The van der Waals surface area contributed by atoms with E-state index in [1.54, 1.807) is 37.3 Å². The number of esters is 1. The number of nitrogens with one attached hydrogen (secondary N) is 1. The van der Waals surface area contributed by atoms with Crippen LogP contribution in [0, 0.1) is 5.82 Å². The van der Waals surface area contributed by atoms with E-state index in [0.29, 0.717) is 29.9 Å². The minimum Gasteiger partial charge on any atom is -0.508 e. The van der Waals surface area contributed by atoms with Crippen molar-refractivity contribution in [1.29, 1.82) is 0 Å². The molecule has 0 amide bonds. The Morgan fingerprint density at radius 2 is 1.79 bits per heavy atom. The van der Waals surface area contributed by atoms with Gasteiger partial charge in [0, 0.05) is 42.8 Å². The van der Waals surface area contributed by atoms with E-state index < -0.39 is 5.97 Å². The van der Waals surface area contributed by atoms with Crippen molar-refractivity contribution < 1.29 is 19.0 Å². The van der Waals surface area contributed by atoms with Gasteiger partial charge in [0.15, 0.2) is 0 Å². The maximum absolute atomic E-state index is 13.2. The number of aromatic amines is 1. The molecular formula is C21H22FN3O3. The lowest BCUT2D eigenvalue weighted by Gasteiger charge is -2.37. The van der Waals surface area contributed by atoms with Gasteiger partial charge in [-0.25, -0.2) is 9.18 Å². The first-order valence-electron chi connectivity index (χ1n) is 9.34. The third-order valence-electron chi connectivity index (χ3n) is 5.03. The number of ether oxygens (including phenoxy) is 1. The second kappa shape index (κ2) is 7.42. The molecule has 4 rings (SSSR count). The number of carbonyl (C=O) groups is 1. The van der Waals surface area contributed by atoms with Crippen LogP contribution in [0.1, 0.15) is 17.3 Å². The molecule has 146 valence electrons. The number of fused-ring (bicyclic) bond motifs is 1. The van der Waals surface area contributed by atoms with Crippen molar-refractivity contribution in [2.45, 2.75) is 6.92 Å². The Balaban J connectivity index is 1.61. The number of aromatic nitrogens is 1. The minimum atomic E-state index is -0.407. The summed E-state index contributed by atoms with van der Waals surface area (Å²) in [6.45, 7) is 4.93. The molecule has 0 aliphatic carbocycles. The highest BCUT2D eigenvalue weighted by Gasteiger charge is 2.26. The SMILES string of the molecule is CCOC(=O)c1c(N2CCN(c3ccc(F)cc3)CC2)[nH]c2ccc(O)cc12. The molecule has 1 saturated heterocycles. The van der Waals surface area contributed by atoms with Gasteiger partial charge in [-0.1, -0.05) is 0 Å². The van der Waals surface area contributed by atoms with Crippen molar-refractivity contribution in [3.8, 4) is 5.75 Å².